The van der Waals surface area contributed by atoms with Crippen LogP contribution in [0.1, 0.15) is 0 Å². The number of benzene rings is 1. The van der Waals surface area contributed by atoms with Crippen molar-refractivity contribution in [1.29, 1.82) is 0 Å². The van der Waals surface area contributed by atoms with Crippen LogP contribution in [0.3, 0.4) is 0 Å². The summed E-state index contributed by atoms with van der Waals surface area (Å²) in [4.78, 5) is 0. The molecule has 0 amide bonds. The fraction of sp³-hybridized carbons (Fsp3) is 0.143. The van der Waals surface area contributed by atoms with Crippen molar-refractivity contribution >= 4 is 15.3 Å². The van der Waals surface area contributed by atoms with Gasteiger partial charge >= 0.3 is 64.3 Å². The van der Waals surface area contributed by atoms with E-state index in [1.54, 1.807) is 0 Å². The Bertz CT molecular complexity index is 224. The van der Waals surface area contributed by atoms with Crippen LogP contribution < -0.4 is 7.45 Å². The third-order valence-electron chi connectivity index (χ3n) is 1.30. The number of rotatable bonds is 0. The van der Waals surface area contributed by atoms with Gasteiger partial charge in [0.15, 0.2) is 0 Å². The molecule has 0 aromatic heterocycles. The Hall–Kier alpha value is -0.622. The van der Waals surface area contributed by atoms with E-state index in [2.05, 4.69) is 0 Å². The molecular formula is C7H7AsO2. The summed E-state index contributed by atoms with van der Waals surface area (Å²) in [5, 5.41) is 0. The summed E-state index contributed by atoms with van der Waals surface area (Å²) in [5.74, 6) is 1.81. The van der Waals surface area contributed by atoms with Crippen LogP contribution in [0, 0.1) is 0 Å². The van der Waals surface area contributed by atoms with Gasteiger partial charge < -0.3 is 0 Å². The minimum absolute atomic E-state index is 0.907. The molecule has 0 atom stereocenters. The van der Waals surface area contributed by atoms with Crippen LogP contribution in [-0.4, -0.2) is 15.3 Å². The van der Waals surface area contributed by atoms with E-state index in [4.69, 9.17) is 7.45 Å². The van der Waals surface area contributed by atoms with Crippen LogP contribution >= 0.6 is 0 Å². The Balaban J connectivity index is 2.42. The SMILES string of the molecule is C[As]1Oc2ccccc2O1. The van der Waals surface area contributed by atoms with E-state index in [9.17, 15) is 0 Å². The van der Waals surface area contributed by atoms with E-state index in [1.165, 1.54) is 0 Å². The molecule has 3 heteroatoms. The van der Waals surface area contributed by atoms with Crippen molar-refractivity contribution in [2.24, 2.45) is 0 Å². The molecule has 0 saturated heterocycles. The van der Waals surface area contributed by atoms with Crippen molar-refractivity contribution in [3.63, 3.8) is 0 Å². The third-order valence-corrected chi connectivity index (χ3v) is 3.21. The molecule has 1 aliphatic heterocycles. The molecule has 52 valence electrons. The van der Waals surface area contributed by atoms with Gasteiger partial charge in [-0.15, -0.1) is 0 Å². The average Bonchev–Trinajstić information content (AvgIpc) is 2.27. The Kier molecular flexibility index (Phi) is 1.35. The van der Waals surface area contributed by atoms with Crippen molar-refractivity contribution in [2.45, 2.75) is 5.71 Å². The van der Waals surface area contributed by atoms with Crippen LogP contribution in [0.2, 0.25) is 5.71 Å². The molecule has 0 bridgehead atoms. The molecule has 1 aromatic carbocycles. The molecule has 0 unspecified atom stereocenters. The molecule has 0 fully saturated rings. The number of hydrogen-bond acceptors (Lipinski definition) is 2. The summed E-state index contributed by atoms with van der Waals surface area (Å²) in [7, 11) is 0. The summed E-state index contributed by atoms with van der Waals surface area (Å²) in [6.07, 6.45) is 0. The van der Waals surface area contributed by atoms with E-state index in [1.807, 2.05) is 30.0 Å². The molecule has 1 aromatic rings. The van der Waals surface area contributed by atoms with Crippen molar-refractivity contribution in [3.05, 3.63) is 24.3 Å². The summed E-state index contributed by atoms with van der Waals surface area (Å²) >= 11 is -1.40. The van der Waals surface area contributed by atoms with Gasteiger partial charge in [0.05, 0.1) is 0 Å². The first-order chi connectivity index (χ1) is 4.86. The van der Waals surface area contributed by atoms with E-state index in [0.717, 1.165) is 11.5 Å². The first-order valence-corrected chi connectivity index (χ1v) is 6.46. The van der Waals surface area contributed by atoms with Gasteiger partial charge in [-0.2, -0.15) is 0 Å². The standard InChI is InChI=1S/C7H7AsO2/c1-8-9-6-4-2-3-5-7(6)10-8/h2-5H,1H3. The zero-order chi connectivity index (χ0) is 6.97. The predicted molar refractivity (Wildman–Crippen MR) is 39.3 cm³/mol. The van der Waals surface area contributed by atoms with Gasteiger partial charge in [-0.3, -0.25) is 0 Å². The summed E-state index contributed by atoms with van der Waals surface area (Å²) in [6, 6.07) is 7.78. The van der Waals surface area contributed by atoms with Gasteiger partial charge in [-0.1, -0.05) is 0 Å². The van der Waals surface area contributed by atoms with Crippen molar-refractivity contribution in [1.82, 2.24) is 0 Å². The van der Waals surface area contributed by atoms with Crippen LogP contribution in [0.25, 0.3) is 0 Å². The first-order valence-electron chi connectivity index (χ1n) is 3.05. The molecule has 0 radical (unpaired) electrons. The Labute approximate surface area is 64.7 Å². The maximum absolute atomic E-state index is 5.43. The molecule has 2 rings (SSSR count). The zero-order valence-corrected chi connectivity index (χ0v) is 7.45. The molecule has 1 aliphatic rings. The van der Waals surface area contributed by atoms with E-state index < -0.39 is 15.3 Å². The third kappa shape index (κ3) is 0.889. The quantitative estimate of drug-likeness (QED) is 0.589. The first kappa shape index (κ1) is 6.11. The molecule has 0 spiro atoms. The monoisotopic (exact) mass is 198 g/mol. The van der Waals surface area contributed by atoms with E-state index >= 15 is 0 Å². The topological polar surface area (TPSA) is 18.5 Å². The maximum atomic E-state index is 5.43. The summed E-state index contributed by atoms with van der Waals surface area (Å²) < 4.78 is 10.9. The number of fused-ring (bicyclic) bond motifs is 1. The average molecular weight is 198 g/mol. The second-order valence-corrected chi connectivity index (χ2v) is 4.68. The van der Waals surface area contributed by atoms with Crippen LogP contribution in [0.15, 0.2) is 24.3 Å². The number of hydrogen-bond donors (Lipinski definition) is 0. The fourth-order valence-electron chi connectivity index (χ4n) is 0.897. The molecular weight excluding hydrogens is 191 g/mol. The van der Waals surface area contributed by atoms with Crippen molar-refractivity contribution < 1.29 is 7.45 Å². The normalized spacial score (nSPS) is 15.7. The second kappa shape index (κ2) is 2.21. The Morgan fingerprint density at radius 1 is 1.10 bits per heavy atom. The zero-order valence-electron chi connectivity index (χ0n) is 5.57. The van der Waals surface area contributed by atoms with Crippen molar-refractivity contribution in [3.8, 4) is 11.5 Å². The molecule has 0 aliphatic carbocycles. The second-order valence-electron chi connectivity index (χ2n) is 2.07. The van der Waals surface area contributed by atoms with E-state index in [-0.39, 0.29) is 0 Å². The summed E-state index contributed by atoms with van der Waals surface area (Å²) in [5.41, 5.74) is 2.02. The van der Waals surface area contributed by atoms with Gasteiger partial charge in [0.2, 0.25) is 0 Å². The fourth-order valence-corrected chi connectivity index (χ4v) is 2.77. The van der Waals surface area contributed by atoms with Gasteiger partial charge in [0.25, 0.3) is 0 Å². The minimum atomic E-state index is -1.40. The predicted octanol–water partition coefficient (Wildman–Crippen LogP) is 1.58. The van der Waals surface area contributed by atoms with Crippen LogP contribution in [0.4, 0.5) is 0 Å². The molecule has 10 heavy (non-hydrogen) atoms. The molecule has 0 saturated carbocycles. The molecule has 0 N–H and O–H groups in total. The van der Waals surface area contributed by atoms with Crippen LogP contribution in [0.5, 0.6) is 11.5 Å². The van der Waals surface area contributed by atoms with Crippen LogP contribution in [-0.2, 0) is 0 Å². The van der Waals surface area contributed by atoms with Gasteiger partial charge in [0.1, 0.15) is 0 Å². The van der Waals surface area contributed by atoms with Gasteiger partial charge in [0, 0.05) is 0 Å². The molecule has 1 heterocycles. The van der Waals surface area contributed by atoms with Gasteiger partial charge in [-0.25, -0.2) is 0 Å². The Morgan fingerprint density at radius 3 is 2.10 bits per heavy atom. The number of para-hydroxylation sites is 2. The van der Waals surface area contributed by atoms with E-state index in [0.29, 0.717) is 0 Å². The van der Waals surface area contributed by atoms with Crippen molar-refractivity contribution in [2.75, 3.05) is 0 Å². The van der Waals surface area contributed by atoms with Gasteiger partial charge in [-0.05, 0) is 0 Å². The Morgan fingerprint density at radius 2 is 1.60 bits per heavy atom. The summed E-state index contributed by atoms with van der Waals surface area (Å²) in [6.45, 7) is 0. The molecule has 2 nitrogen and oxygen atoms in total.